The maximum atomic E-state index is 12.3. The van der Waals surface area contributed by atoms with Crippen molar-refractivity contribution in [2.45, 2.75) is 39.5 Å². The molecule has 29 heavy (non-hydrogen) atoms. The van der Waals surface area contributed by atoms with Crippen molar-refractivity contribution in [3.63, 3.8) is 0 Å². The average Bonchev–Trinajstić information content (AvgIpc) is 2.67. The van der Waals surface area contributed by atoms with Crippen LogP contribution in [0.5, 0.6) is 5.88 Å². The van der Waals surface area contributed by atoms with Gasteiger partial charge in [-0.1, -0.05) is 6.07 Å². The number of hydrogen-bond acceptors (Lipinski definition) is 6. The number of H-pyrrole nitrogens is 1. The number of nitrogens with zero attached hydrogens (tertiary/aromatic N) is 3. The molecule has 3 aromatic heterocycles. The van der Waals surface area contributed by atoms with E-state index in [4.69, 9.17) is 0 Å². The Morgan fingerprint density at radius 1 is 1.14 bits per heavy atom. The van der Waals surface area contributed by atoms with E-state index in [1.807, 2.05) is 6.20 Å². The van der Waals surface area contributed by atoms with Gasteiger partial charge >= 0.3 is 0 Å². The first-order valence-corrected chi connectivity index (χ1v) is 10.3. The minimum Gasteiger partial charge on any atom is -0.493 e. The Kier molecular flexibility index (Phi) is 6.98. The van der Waals surface area contributed by atoms with Gasteiger partial charge < -0.3 is 10.4 Å². The summed E-state index contributed by atoms with van der Waals surface area (Å²) in [5.74, 6) is 0.446. The van der Waals surface area contributed by atoms with E-state index in [1.165, 1.54) is 11.6 Å². The molecule has 7 nitrogen and oxygen atoms in total. The molecule has 0 amide bonds. The van der Waals surface area contributed by atoms with Crippen molar-refractivity contribution in [3.05, 3.63) is 73.5 Å². The Balaban J connectivity index is 1.49. The lowest BCUT2D eigenvalue weighted by molar-refractivity contribution is 0.451. The maximum Gasteiger partial charge on any atom is 0.255 e. The van der Waals surface area contributed by atoms with Crippen molar-refractivity contribution >= 4 is 21.9 Å². The van der Waals surface area contributed by atoms with E-state index in [1.54, 1.807) is 19.2 Å². The van der Waals surface area contributed by atoms with Gasteiger partial charge in [-0.05, 0) is 66.2 Å². The van der Waals surface area contributed by atoms with E-state index >= 15 is 0 Å². The molecule has 0 bridgehead atoms. The highest BCUT2D eigenvalue weighted by Crippen LogP contribution is 2.15. The number of aromatic nitrogens is 4. The van der Waals surface area contributed by atoms with Gasteiger partial charge in [0, 0.05) is 52.8 Å². The number of aromatic hydroxyl groups is 1. The van der Waals surface area contributed by atoms with Crippen LogP contribution in [-0.4, -0.2) is 31.6 Å². The normalized spacial score (nSPS) is 10.9. The Morgan fingerprint density at radius 2 is 1.97 bits per heavy atom. The van der Waals surface area contributed by atoms with Crippen LogP contribution in [0.4, 0.5) is 5.95 Å². The third kappa shape index (κ3) is 5.87. The number of halogens is 1. The zero-order valence-corrected chi connectivity index (χ0v) is 18.1. The van der Waals surface area contributed by atoms with Crippen LogP contribution in [0.25, 0.3) is 0 Å². The number of unbranched alkanes of at least 4 members (excludes halogenated alkanes) is 1. The zero-order chi connectivity index (χ0) is 20.8. The molecule has 0 fully saturated rings. The van der Waals surface area contributed by atoms with Crippen LogP contribution in [0.15, 0.2) is 39.9 Å². The Bertz CT molecular complexity index is 1050. The van der Waals surface area contributed by atoms with E-state index in [-0.39, 0.29) is 11.4 Å². The molecule has 152 valence electrons. The average molecular weight is 458 g/mol. The van der Waals surface area contributed by atoms with Gasteiger partial charge in [-0.2, -0.15) is 0 Å². The van der Waals surface area contributed by atoms with E-state index in [9.17, 15) is 9.90 Å². The highest BCUT2D eigenvalue weighted by atomic mass is 79.9. The first-order chi connectivity index (χ1) is 13.9. The molecular weight excluding hydrogens is 434 g/mol. The molecule has 0 spiro atoms. The molecule has 0 aliphatic rings. The number of aromatic amines is 1. The second-order valence-electron chi connectivity index (χ2n) is 6.98. The third-order valence-electron chi connectivity index (χ3n) is 4.72. The van der Waals surface area contributed by atoms with Crippen LogP contribution < -0.4 is 10.9 Å². The molecule has 3 N–H and O–H groups in total. The summed E-state index contributed by atoms with van der Waals surface area (Å²) >= 11 is 3.43. The monoisotopic (exact) mass is 457 g/mol. The second-order valence-corrected chi connectivity index (χ2v) is 7.89. The van der Waals surface area contributed by atoms with Gasteiger partial charge in [0.15, 0.2) is 0 Å². The van der Waals surface area contributed by atoms with Gasteiger partial charge in [-0.3, -0.25) is 14.8 Å². The predicted molar refractivity (Wildman–Crippen MR) is 116 cm³/mol. The fourth-order valence-corrected chi connectivity index (χ4v) is 3.51. The summed E-state index contributed by atoms with van der Waals surface area (Å²) in [6.45, 7) is 4.59. The maximum absolute atomic E-state index is 12.3. The highest BCUT2D eigenvalue weighted by Gasteiger charge is 2.08. The first kappa shape index (κ1) is 21.0. The Morgan fingerprint density at radius 3 is 2.69 bits per heavy atom. The standard InChI is InChI=1S/C21H24BrN5O2/c1-13-9-17(22)12-24-18(13)5-3-4-8-23-21-25-11-16(20(29)27-21)10-15-6-7-19(28)26-14(15)2/h6-7,9,11-12H,3-5,8,10H2,1-2H3,(H,26,28)(H2,23,25,27,29). The van der Waals surface area contributed by atoms with Gasteiger partial charge in [0.05, 0.1) is 0 Å². The van der Waals surface area contributed by atoms with E-state index in [2.05, 4.69) is 54.2 Å². The molecule has 8 heteroatoms. The molecule has 3 aromatic rings. The number of rotatable bonds is 8. The highest BCUT2D eigenvalue weighted by molar-refractivity contribution is 9.10. The number of pyridine rings is 2. The van der Waals surface area contributed by atoms with Crippen molar-refractivity contribution in [1.29, 1.82) is 0 Å². The first-order valence-electron chi connectivity index (χ1n) is 9.51. The van der Waals surface area contributed by atoms with Crippen LogP contribution in [0.1, 0.15) is 40.9 Å². The molecule has 0 aromatic carbocycles. The zero-order valence-electron chi connectivity index (χ0n) is 16.5. The number of hydrogen-bond donors (Lipinski definition) is 3. The summed E-state index contributed by atoms with van der Waals surface area (Å²) < 4.78 is 0.996. The van der Waals surface area contributed by atoms with Crippen molar-refractivity contribution in [1.82, 2.24) is 19.9 Å². The lowest BCUT2D eigenvalue weighted by Crippen LogP contribution is -2.18. The van der Waals surface area contributed by atoms with Crippen LogP contribution in [0, 0.1) is 13.8 Å². The summed E-state index contributed by atoms with van der Waals surface area (Å²) in [6.07, 6.45) is 6.69. The van der Waals surface area contributed by atoms with Crippen LogP contribution in [-0.2, 0) is 12.8 Å². The molecule has 0 aliphatic carbocycles. The van der Waals surface area contributed by atoms with Crippen LogP contribution >= 0.6 is 15.9 Å². The van der Waals surface area contributed by atoms with Crippen molar-refractivity contribution in [2.24, 2.45) is 0 Å². The summed E-state index contributed by atoms with van der Waals surface area (Å²) in [5, 5.41) is 12.6. The molecule has 0 saturated heterocycles. The topological polar surface area (TPSA) is 104 Å². The minimum atomic E-state index is -0.176. The van der Waals surface area contributed by atoms with Gasteiger partial charge in [0.2, 0.25) is 11.8 Å². The molecule has 0 unspecified atom stereocenters. The fraction of sp³-hybridized carbons (Fsp3) is 0.333. The molecule has 3 rings (SSSR count). The van der Waals surface area contributed by atoms with E-state index in [0.29, 0.717) is 23.6 Å². The largest absolute Gasteiger partial charge is 0.493 e. The molecular formula is C21H24BrN5O2. The number of aryl methyl sites for hydroxylation is 3. The predicted octanol–water partition coefficient (Wildman–Crippen LogP) is 3.67. The fourth-order valence-electron chi connectivity index (χ4n) is 3.06. The van der Waals surface area contributed by atoms with Gasteiger partial charge in [-0.15, -0.1) is 0 Å². The number of anilines is 1. The molecule has 0 atom stereocenters. The summed E-state index contributed by atoms with van der Waals surface area (Å²) in [4.78, 5) is 27.9. The summed E-state index contributed by atoms with van der Waals surface area (Å²) in [5.41, 5.74) is 4.26. The van der Waals surface area contributed by atoms with Crippen molar-refractivity contribution < 1.29 is 5.11 Å². The molecule has 3 heterocycles. The molecule has 0 saturated carbocycles. The third-order valence-corrected chi connectivity index (χ3v) is 5.15. The SMILES string of the molecule is Cc1cc(Br)cnc1CCCCNc1ncc(Cc2ccc(O)nc2C)c(=O)[nH]1. The Hall–Kier alpha value is -2.74. The summed E-state index contributed by atoms with van der Waals surface area (Å²) in [7, 11) is 0. The van der Waals surface area contributed by atoms with Crippen LogP contribution in [0.3, 0.4) is 0 Å². The van der Waals surface area contributed by atoms with E-state index < -0.39 is 0 Å². The van der Waals surface area contributed by atoms with Crippen LogP contribution in [0.2, 0.25) is 0 Å². The quantitative estimate of drug-likeness (QED) is 0.445. The van der Waals surface area contributed by atoms with Crippen molar-refractivity contribution in [3.8, 4) is 5.88 Å². The minimum absolute atomic E-state index is 0.0242. The molecule has 0 radical (unpaired) electrons. The second kappa shape index (κ2) is 9.65. The molecule has 0 aliphatic heterocycles. The van der Waals surface area contributed by atoms with Crippen molar-refractivity contribution in [2.75, 3.05) is 11.9 Å². The summed E-state index contributed by atoms with van der Waals surface area (Å²) in [6, 6.07) is 5.36. The smallest absolute Gasteiger partial charge is 0.255 e. The van der Waals surface area contributed by atoms with Gasteiger partial charge in [0.25, 0.3) is 5.56 Å². The lowest BCUT2D eigenvalue weighted by Gasteiger charge is -2.08. The number of nitrogens with one attached hydrogen (secondary N) is 2. The lowest BCUT2D eigenvalue weighted by atomic mass is 10.1. The van der Waals surface area contributed by atoms with Gasteiger partial charge in [0.1, 0.15) is 0 Å². The van der Waals surface area contributed by atoms with Gasteiger partial charge in [-0.25, -0.2) is 9.97 Å². The Labute approximate surface area is 177 Å². The van der Waals surface area contributed by atoms with E-state index in [0.717, 1.165) is 41.5 Å².